The third-order valence-corrected chi connectivity index (χ3v) is 3.83. The van der Waals surface area contributed by atoms with E-state index in [0.29, 0.717) is 0 Å². The van der Waals surface area contributed by atoms with Crippen LogP contribution in [0, 0.1) is 0 Å². The quantitative estimate of drug-likeness (QED) is 0.505. The second kappa shape index (κ2) is 3.76. The molecule has 0 aromatic heterocycles. The molecule has 1 aliphatic rings. The van der Waals surface area contributed by atoms with Gasteiger partial charge in [0.1, 0.15) is 5.76 Å². The van der Waals surface area contributed by atoms with E-state index in [9.17, 15) is 0 Å². The van der Waals surface area contributed by atoms with Crippen molar-refractivity contribution in [2.24, 2.45) is 0 Å². The highest BCUT2D eigenvalue weighted by Gasteiger charge is 2.17. The maximum Gasteiger partial charge on any atom is 0.232 e. The van der Waals surface area contributed by atoms with Crippen LogP contribution < -0.4 is 0 Å². The maximum absolute atomic E-state index is 5.77. The third kappa shape index (κ3) is 1.96. The molecule has 0 amide bonds. The molecule has 1 atom stereocenters. The molecule has 0 aliphatic carbocycles. The molecule has 1 nitrogen and oxygen atoms in total. The molecule has 0 N–H and O–H groups in total. The summed E-state index contributed by atoms with van der Waals surface area (Å²) in [6.45, 7) is 6.39. The second-order valence-electron chi connectivity index (χ2n) is 2.93. The molecule has 0 saturated carbocycles. The SMILES string of the molecule is CC=C1CC[SiH](C)OC1=CC. The fourth-order valence-corrected chi connectivity index (χ4v) is 2.93. The summed E-state index contributed by atoms with van der Waals surface area (Å²) in [4.78, 5) is 0. The molecule has 1 fully saturated rings. The van der Waals surface area contributed by atoms with Crippen LogP contribution in [0.3, 0.4) is 0 Å². The molecule has 0 bridgehead atoms. The molecule has 1 unspecified atom stereocenters. The van der Waals surface area contributed by atoms with Crippen LogP contribution in [0.2, 0.25) is 12.6 Å². The maximum atomic E-state index is 5.77. The van der Waals surface area contributed by atoms with Gasteiger partial charge in [0.15, 0.2) is 0 Å². The van der Waals surface area contributed by atoms with Crippen LogP contribution in [0.4, 0.5) is 0 Å². The number of hydrogen-bond donors (Lipinski definition) is 0. The number of allylic oxidation sites excluding steroid dienone is 3. The topological polar surface area (TPSA) is 9.23 Å². The van der Waals surface area contributed by atoms with Gasteiger partial charge in [-0.15, -0.1) is 0 Å². The Labute approximate surface area is 70.5 Å². The Morgan fingerprint density at radius 3 is 2.64 bits per heavy atom. The third-order valence-electron chi connectivity index (χ3n) is 2.08. The molecule has 1 saturated heterocycles. The van der Waals surface area contributed by atoms with Gasteiger partial charge in [0.2, 0.25) is 9.04 Å². The van der Waals surface area contributed by atoms with E-state index in [1.165, 1.54) is 18.0 Å². The monoisotopic (exact) mass is 168 g/mol. The average molecular weight is 168 g/mol. The Balaban J connectivity index is 2.72. The van der Waals surface area contributed by atoms with E-state index in [4.69, 9.17) is 4.43 Å². The van der Waals surface area contributed by atoms with E-state index in [1.54, 1.807) is 0 Å². The van der Waals surface area contributed by atoms with Crippen LogP contribution in [0.25, 0.3) is 0 Å². The summed E-state index contributed by atoms with van der Waals surface area (Å²) in [5.74, 6) is 1.14. The van der Waals surface area contributed by atoms with Gasteiger partial charge in [0.25, 0.3) is 0 Å². The predicted molar refractivity (Wildman–Crippen MR) is 51.0 cm³/mol. The van der Waals surface area contributed by atoms with Crippen LogP contribution in [-0.2, 0) is 4.43 Å². The molecule has 62 valence electrons. The number of hydrogen-bond acceptors (Lipinski definition) is 1. The normalized spacial score (nSPS) is 32.5. The molecular formula is C9H16OSi. The Hall–Kier alpha value is -0.503. The van der Waals surface area contributed by atoms with E-state index < -0.39 is 9.04 Å². The van der Waals surface area contributed by atoms with Crippen molar-refractivity contribution in [1.82, 2.24) is 0 Å². The first-order valence-electron chi connectivity index (χ1n) is 4.26. The first-order chi connectivity index (χ1) is 5.27. The lowest BCUT2D eigenvalue weighted by molar-refractivity contribution is 0.424. The minimum atomic E-state index is -0.832. The molecule has 11 heavy (non-hydrogen) atoms. The minimum Gasteiger partial charge on any atom is -0.547 e. The summed E-state index contributed by atoms with van der Waals surface area (Å²) < 4.78 is 5.77. The van der Waals surface area contributed by atoms with Gasteiger partial charge < -0.3 is 4.43 Å². The molecule has 0 radical (unpaired) electrons. The Morgan fingerprint density at radius 1 is 1.36 bits per heavy atom. The Kier molecular flexibility index (Phi) is 2.94. The molecule has 2 heteroatoms. The molecular weight excluding hydrogens is 152 g/mol. The predicted octanol–water partition coefficient (Wildman–Crippen LogP) is 2.61. The van der Waals surface area contributed by atoms with Gasteiger partial charge in [-0.2, -0.15) is 0 Å². The zero-order valence-electron chi connectivity index (χ0n) is 7.55. The van der Waals surface area contributed by atoms with Gasteiger partial charge in [-0.25, -0.2) is 0 Å². The van der Waals surface area contributed by atoms with Crippen molar-refractivity contribution >= 4 is 9.04 Å². The Bertz CT molecular complexity index is 194. The molecule has 1 heterocycles. The van der Waals surface area contributed by atoms with Crippen molar-refractivity contribution in [3.05, 3.63) is 23.5 Å². The van der Waals surface area contributed by atoms with E-state index in [2.05, 4.69) is 25.6 Å². The van der Waals surface area contributed by atoms with Crippen LogP contribution in [0.5, 0.6) is 0 Å². The van der Waals surface area contributed by atoms with E-state index in [-0.39, 0.29) is 0 Å². The smallest absolute Gasteiger partial charge is 0.232 e. The van der Waals surface area contributed by atoms with Gasteiger partial charge in [0, 0.05) is 0 Å². The molecule has 1 aliphatic heterocycles. The first kappa shape index (κ1) is 8.59. The van der Waals surface area contributed by atoms with Crippen molar-refractivity contribution in [1.29, 1.82) is 0 Å². The summed E-state index contributed by atoms with van der Waals surface area (Å²) in [6.07, 6.45) is 5.47. The molecule has 1 rings (SSSR count). The lowest BCUT2D eigenvalue weighted by Crippen LogP contribution is -2.19. The van der Waals surface area contributed by atoms with E-state index in [0.717, 1.165) is 5.76 Å². The fraction of sp³-hybridized carbons (Fsp3) is 0.556. The zero-order chi connectivity index (χ0) is 8.27. The summed E-state index contributed by atoms with van der Waals surface area (Å²) in [7, 11) is -0.832. The fourth-order valence-electron chi connectivity index (χ4n) is 1.37. The van der Waals surface area contributed by atoms with Crippen molar-refractivity contribution in [2.45, 2.75) is 32.9 Å². The van der Waals surface area contributed by atoms with Crippen molar-refractivity contribution < 1.29 is 4.43 Å². The minimum absolute atomic E-state index is 0.832. The average Bonchev–Trinajstić information content (AvgIpc) is 2.04. The molecule has 0 aromatic rings. The van der Waals surface area contributed by atoms with Crippen molar-refractivity contribution in [3.8, 4) is 0 Å². The van der Waals surface area contributed by atoms with Gasteiger partial charge in [-0.3, -0.25) is 0 Å². The Morgan fingerprint density at radius 2 is 2.09 bits per heavy atom. The lowest BCUT2D eigenvalue weighted by Gasteiger charge is -2.24. The van der Waals surface area contributed by atoms with Gasteiger partial charge >= 0.3 is 0 Å². The highest BCUT2D eigenvalue weighted by molar-refractivity contribution is 6.51. The summed E-state index contributed by atoms with van der Waals surface area (Å²) in [6, 6.07) is 1.29. The van der Waals surface area contributed by atoms with Crippen LogP contribution in [-0.4, -0.2) is 9.04 Å². The van der Waals surface area contributed by atoms with E-state index >= 15 is 0 Å². The zero-order valence-corrected chi connectivity index (χ0v) is 8.71. The largest absolute Gasteiger partial charge is 0.547 e. The van der Waals surface area contributed by atoms with Gasteiger partial charge in [-0.1, -0.05) is 6.08 Å². The highest BCUT2D eigenvalue weighted by Crippen LogP contribution is 2.25. The number of rotatable bonds is 0. The van der Waals surface area contributed by atoms with E-state index in [1.807, 2.05) is 6.92 Å². The van der Waals surface area contributed by atoms with Crippen molar-refractivity contribution in [3.63, 3.8) is 0 Å². The molecule has 0 aromatic carbocycles. The van der Waals surface area contributed by atoms with Crippen LogP contribution in [0.1, 0.15) is 20.3 Å². The first-order valence-corrected chi connectivity index (χ1v) is 6.70. The lowest BCUT2D eigenvalue weighted by atomic mass is 10.1. The summed E-state index contributed by atoms with van der Waals surface area (Å²) in [5.41, 5.74) is 1.39. The molecule has 0 spiro atoms. The van der Waals surface area contributed by atoms with Crippen LogP contribution in [0.15, 0.2) is 23.5 Å². The highest BCUT2D eigenvalue weighted by atomic mass is 28.3. The summed E-state index contributed by atoms with van der Waals surface area (Å²) >= 11 is 0. The summed E-state index contributed by atoms with van der Waals surface area (Å²) in [5, 5.41) is 0. The standard InChI is InChI=1S/C9H16OSi/c1-4-8-6-7-11(3)10-9(8)5-2/h4-5,11H,6-7H2,1-3H3. The van der Waals surface area contributed by atoms with Gasteiger partial charge in [-0.05, 0) is 44.5 Å². The van der Waals surface area contributed by atoms with Crippen LogP contribution >= 0.6 is 0 Å². The second-order valence-corrected chi connectivity index (χ2v) is 5.37. The van der Waals surface area contributed by atoms with Crippen molar-refractivity contribution in [2.75, 3.05) is 0 Å². The van der Waals surface area contributed by atoms with Gasteiger partial charge in [0.05, 0.1) is 0 Å².